The van der Waals surface area contributed by atoms with Gasteiger partial charge in [0.1, 0.15) is 5.82 Å². The second kappa shape index (κ2) is 3.69. The summed E-state index contributed by atoms with van der Waals surface area (Å²) in [6.07, 6.45) is 3.03. The molecule has 0 spiro atoms. The summed E-state index contributed by atoms with van der Waals surface area (Å²) < 4.78 is 13.5. The number of imidazole rings is 1. The summed E-state index contributed by atoms with van der Waals surface area (Å²) >= 11 is 0. The molecule has 0 bridgehead atoms. The van der Waals surface area contributed by atoms with Gasteiger partial charge < -0.3 is 15.1 Å². The summed E-state index contributed by atoms with van der Waals surface area (Å²) in [5.41, 5.74) is 1.60. The summed E-state index contributed by atoms with van der Waals surface area (Å²) in [5.74, 6) is -1.63. The molecule has 0 saturated heterocycles. The van der Waals surface area contributed by atoms with E-state index in [-0.39, 0.29) is 11.6 Å². The first-order chi connectivity index (χ1) is 8.66. The van der Waals surface area contributed by atoms with Gasteiger partial charge in [-0.05, 0) is 6.07 Å². The SMILES string of the molecule is O=C(O)c1ncc(-c2c[nH]c3c(F)cccc23)[nH]1. The molecule has 0 aliphatic rings. The summed E-state index contributed by atoms with van der Waals surface area (Å²) in [5, 5.41) is 9.47. The van der Waals surface area contributed by atoms with Crippen molar-refractivity contribution in [1.82, 2.24) is 15.0 Å². The molecule has 5 nitrogen and oxygen atoms in total. The number of carboxylic acids is 1. The first-order valence-electron chi connectivity index (χ1n) is 5.21. The van der Waals surface area contributed by atoms with Crippen molar-refractivity contribution in [2.75, 3.05) is 0 Å². The molecular formula is C12H8FN3O2. The van der Waals surface area contributed by atoms with Crippen LogP contribution in [0.25, 0.3) is 22.2 Å². The maximum Gasteiger partial charge on any atom is 0.371 e. The van der Waals surface area contributed by atoms with Crippen molar-refractivity contribution < 1.29 is 14.3 Å². The molecule has 0 aliphatic heterocycles. The van der Waals surface area contributed by atoms with Crippen molar-refractivity contribution in [2.24, 2.45) is 0 Å². The van der Waals surface area contributed by atoms with Gasteiger partial charge in [-0.15, -0.1) is 0 Å². The van der Waals surface area contributed by atoms with Crippen LogP contribution in [0.4, 0.5) is 4.39 Å². The third kappa shape index (κ3) is 1.46. The molecular weight excluding hydrogens is 237 g/mol. The molecule has 0 radical (unpaired) electrons. The van der Waals surface area contributed by atoms with Crippen LogP contribution in [0.1, 0.15) is 10.6 Å². The zero-order chi connectivity index (χ0) is 12.7. The van der Waals surface area contributed by atoms with E-state index in [0.717, 1.165) is 0 Å². The van der Waals surface area contributed by atoms with E-state index in [2.05, 4.69) is 15.0 Å². The Hall–Kier alpha value is -2.63. The number of fused-ring (bicyclic) bond motifs is 1. The molecule has 0 aliphatic carbocycles. The molecule has 0 atom stereocenters. The molecule has 0 saturated carbocycles. The van der Waals surface area contributed by atoms with E-state index in [1.54, 1.807) is 18.3 Å². The van der Waals surface area contributed by atoms with Gasteiger partial charge in [-0.2, -0.15) is 0 Å². The number of aromatic amines is 2. The molecule has 3 N–H and O–H groups in total. The Labute approximate surface area is 100 Å². The number of hydrogen-bond acceptors (Lipinski definition) is 2. The van der Waals surface area contributed by atoms with Gasteiger partial charge in [-0.3, -0.25) is 0 Å². The quantitative estimate of drug-likeness (QED) is 0.648. The van der Waals surface area contributed by atoms with Gasteiger partial charge in [0, 0.05) is 17.1 Å². The van der Waals surface area contributed by atoms with Crippen LogP contribution in [0.15, 0.2) is 30.6 Å². The molecule has 6 heteroatoms. The maximum atomic E-state index is 13.5. The lowest BCUT2D eigenvalue weighted by Gasteiger charge is -1.95. The highest BCUT2D eigenvalue weighted by Crippen LogP contribution is 2.28. The monoisotopic (exact) mass is 245 g/mol. The van der Waals surface area contributed by atoms with Crippen LogP contribution in [0, 0.1) is 5.82 Å². The number of nitrogens with zero attached hydrogens (tertiary/aromatic N) is 1. The van der Waals surface area contributed by atoms with Gasteiger partial charge in [0.05, 0.1) is 17.4 Å². The molecule has 18 heavy (non-hydrogen) atoms. The van der Waals surface area contributed by atoms with E-state index in [1.807, 2.05) is 0 Å². The maximum absolute atomic E-state index is 13.5. The number of aromatic carboxylic acids is 1. The average Bonchev–Trinajstić information content (AvgIpc) is 2.94. The summed E-state index contributed by atoms with van der Waals surface area (Å²) in [7, 11) is 0. The third-order valence-electron chi connectivity index (χ3n) is 2.73. The molecule has 90 valence electrons. The molecule has 3 rings (SSSR count). The fourth-order valence-corrected chi connectivity index (χ4v) is 1.91. The molecule has 0 fully saturated rings. The molecule has 1 aromatic carbocycles. The first-order valence-corrected chi connectivity index (χ1v) is 5.21. The van der Waals surface area contributed by atoms with Gasteiger partial charge in [-0.1, -0.05) is 12.1 Å². The highest BCUT2D eigenvalue weighted by molar-refractivity contribution is 5.95. The van der Waals surface area contributed by atoms with Gasteiger partial charge in [-0.25, -0.2) is 14.2 Å². The van der Waals surface area contributed by atoms with Crippen molar-refractivity contribution >= 4 is 16.9 Å². The number of rotatable bonds is 2. The normalized spacial score (nSPS) is 10.9. The van der Waals surface area contributed by atoms with Crippen molar-refractivity contribution in [3.05, 3.63) is 42.2 Å². The number of nitrogens with one attached hydrogen (secondary N) is 2. The average molecular weight is 245 g/mol. The fraction of sp³-hybridized carbons (Fsp3) is 0. The van der Waals surface area contributed by atoms with E-state index in [4.69, 9.17) is 5.11 Å². The number of halogens is 1. The van der Waals surface area contributed by atoms with E-state index in [0.29, 0.717) is 22.2 Å². The Kier molecular flexibility index (Phi) is 2.16. The molecule has 3 aromatic rings. The lowest BCUT2D eigenvalue weighted by atomic mass is 10.1. The van der Waals surface area contributed by atoms with Crippen molar-refractivity contribution in [2.45, 2.75) is 0 Å². The Balaban J connectivity index is 2.19. The number of para-hydroxylation sites is 1. The van der Waals surface area contributed by atoms with Crippen LogP contribution in [0.5, 0.6) is 0 Å². The number of benzene rings is 1. The van der Waals surface area contributed by atoms with Gasteiger partial charge in [0.2, 0.25) is 5.82 Å². The second-order valence-corrected chi connectivity index (χ2v) is 3.82. The van der Waals surface area contributed by atoms with Gasteiger partial charge in [0.25, 0.3) is 0 Å². The number of H-pyrrole nitrogens is 2. The van der Waals surface area contributed by atoms with Crippen LogP contribution in [0.2, 0.25) is 0 Å². The molecule has 0 amide bonds. The van der Waals surface area contributed by atoms with Crippen LogP contribution < -0.4 is 0 Å². The Morgan fingerprint density at radius 3 is 2.94 bits per heavy atom. The third-order valence-corrected chi connectivity index (χ3v) is 2.73. The highest BCUT2D eigenvalue weighted by Gasteiger charge is 2.13. The smallest absolute Gasteiger partial charge is 0.371 e. The van der Waals surface area contributed by atoms with E-state index in [9.17, 15) is 9.18 Å². The van der Waals surface area contributed by atoms with Crippen molar-refractivity contribution in [1.29, 1.82) is 0 Å². The minimum atomic E-state index is -1.13. The van der Waals surface area contributed by atoms with Crippen LogP contribution in [0.3, 0.4) is 0 Å². The summed E-state index contributed by atoms with van der Waals surface area (Å²) in [6, 6.07) is 4.72. The zero-order valence-electron chi connectivity index (χ0n) is 9.07. The van der Waals surface area contributed by atoms with Crippen LogP contribution >= 0.6 is 0 Å². The van der Waals surface area contributed by atoms with Crippen molar-refractivity contribution in [3.8, 4) is 11.3 Å². The Bertz CT molecular complexity index is 745. The number of carbonyl (C=O) groups is 1. The summed E-state index contributed by atoms with van der Waals surface area (Å²) in [6.45, 7) is 0. The van der Waals surface area contributed by atoms with Crippen LogP contribution in [-0.2, 0) is 0 Å². The minimum absolute atomic E-state index is 0.143. The van der Waals surface area contributed by atoms with E-state index < -0.39 is 5.97 Å². The first kappa shape index (κ1) is 10.5. The van der Waals surface area contributed by atoms with Gasteiger partial charge in [0.15, 0.2) is 0 Å². The standard InChI is InChI=1S/C12H8FN3O2/c13-8-3-1-2-6-7(4-14-10(6)8)9-5-15-11(16-9)12(17)18/h1-5,14H,(H,15,16)(H,17,18). The number of carboxylic acid groups (broad SMARTS) is 1. The molecule has 2 aromatic heterocycles. The largest absolute Gasteiger partial charge is 0.475 e. The van der Waals surface area contributed by atoms with Crippen molar-refractivity contribution in [3.63, 3.8) is 0 Å². The van der Waals surface area contributed by atoms with Crippen LogP contribution in [-0.4, -0.2) is 26.0 Å². The molecule has 0 unspecified atom stereocenters. The number of aromatic nitrogens is 3. The van der Waals surface area contributed by atoms with E-state index >= 15 is 0 Å². The summed E-state index contributed by atoms with van der Waals surface area (Å²) in [4.78, 5) is 20.0. The second-order valence-electron chi connectivity index (χ2n) is 3.82. The predicted octanol–water partition coefficient (Wildman–Crippen LogP) is 2.40. The topological polar surface area (TPSA) is 81.8 Å². The highest BCUT2D eigenvalue weighted by atomic mass is 19.1. The minimum Gasteiger partial charge on any atom is -0.475 e. The Morgan fingerprint density at radius 2 is 2.22 bits per heavy atom. The Morgan fingerprint density at radius 1 is 1.39 bits per heavy atom. The van der Waals surface area contributed by atoms with Gasteiger partial charge >= 0.3 is 5.97 Å². The van der Waals surface area contributed by atoms with E-state index in [1.165, 1.54) is 12.3 Å². The number of hydrogen-bond donors (Lipinski definition) is 3. The lowest BCUT2D eigenvalue weighted by molar-refractivity contribution is 0.0685. The predicted molar refractivity (Wildman–Crippen MR) is 62.8 cm³/mol. The fourth-order valence-electron chi connectivity index (χ4n) is 1.91. The lowest BCUT2D eigenvalue weighted by Crippen LogP contribution is -1.98. The molecule has 2 heterocycles. The zero-order valence-corrected chi connectivity index (χ0v) is 9.07.